The van der Waals surface area contributed by atoms with E-state index in [1.807, 2.05) is 12.1 Å². The Balaban J connectivity index is 2.12. The Hall–Kier alpha value is -2.24. The number of benzene rings is 1. The minimum Gasteiger partial charge on any atom is -0.495 e. The van der Waals surface area contributed by atoms with Gasteiger partial charge in [-0.2, -0.15) is 0 Å². The molecule has 0 aliphatic carbocycles. The number of likely N-dealkylation sites (tertiary alicyclic amines) is 1. The van der Waals surface area contributed by atoms with Crippen LogP contribution in [0.3, 0.4) is 0 Å². The van der Waals surface area contributed by atoms with Crippen molar-refractivity contribution in [1.82, 2.24) is 4.90 Å². The maximum atomic E-state index is 12.4. The second-order valence-corrected chi connectivity index (χ2v) is 4.86. The number of methoxy groups -OCH3 is 2. The third kappa shape index (κ3) is 3.45. The number of anilines is 1. The standard InChI is InChI=1S/C15H20N2O4/c1-20-13-9-4-3-7-11(13)16-15(19)17-10-6-5-8-12(17)14(18)21-2/h3-4,7,9,12H,5-6,8,10H2,1-2H3,(H,16,19). The zero-order chi connectivity index (χ0) is 15.2. The van der Waals surface area contributed by atoms with E-state index in [4.69, 9.17) is 9.47 Å². The fourth-order valence-electron chi connectivity index (χ4n) is 2.49. The Kier molecular flexibility index (Phi) is 5.03. The van der Waals surface area contributed by atoms with Crippen LogP contribution in [-0.2, 0) is 9.53 Å². The second-order valence-electron chi connectivity index (χ2n) is 4.86. The highest BCUT2D eigenvalue weighted by Gasteiger charge is 2.33. The summed E-state index contributed by atoms with van der Waals surface area (Å²) in [5.41, 5.74) is 0.583. The molecule has 0 saturated carbocycles. The quantitative estimate of drug-likeness (QED) is 0.868. The van der Waals surface area contributed by atoms with E-state index in [1.165, 1.54) is 12.0 Å². The first kappa shape index (κ1) is 15.2. The van der Waals surface area contributed by atoms with Gasteiger partial charge < -0.3 is 19.7 Å². The third-order valence-electron chi connectivity index (χ3n) is 3.59. The van der Waals surface area contributed by atoms with Gasteiger partial charge in [0, 0.05) is 6.54 Å². The molecule has 0 spiro atoms. The van der Waals surface area contributed by atoms with Gasteiger partial charge in [-0.05, 0) is 31.4 Å². The van der Waals surface area contributed by atoms with Crippen molar-refractivity contribution >= 4 is 17.7 Å². The van der Waals surface area contributed by atoms with Crippen molar-refractivity contribution in [3.8, 4) is 5.75 Å². The van der Waals surface area contributed by atoms with Crippen molar-refractivity contribution in [2.45, 2.75) is 25.3 Å². The minimum atomic E-state index is -0.515. The van der Waals surface area contributed by atoms with E-state index in [1.54, 1.807) is 19.2 Å². The lowest BCUT2D eigenvalue weighted by Gasteiger charge is -2.33. The summed E-state index contributed by atoms with van der Waals surface area (Å²) in [4.78, 5) is 25.7. The molecule has 2 amide bonds. The van der Waals surface area contributed by atoms with E-state index in [-0.39, 0.29) is 12.0 Å². The van der Waals surface area contributed by atoms with Crippen molar-refractivity contribution in [3.63, 3.8) is 0 Å². The highest BCUT2D eigenvalue weighted by molar-refractivity contribution is 5.94. The van der Waals surface area contributed by atoms with E-state index in [0.717, 1.165) is 12.8 Å². The van der Waals surface area contributed by atoms with Crippen LogP contribution in [0.15, 0.2) is 24.3 Å². The monoisotopic (exact) mass is 292 g/mol. The van der Waals surface area contributed by atoms with Gasteiger partial charge in [0.2, 0.25) is 0 Å². The molecule has 1 fully saturated rings. The highest BCUT2D eigenvalue weighted by Crippen LogP contribution is 2.25. The fraction of sp³-hybridized carbons (Fsp3) is 0.467. The molecule has 0 radical (unpaired) electrons. The first-order chi connectivity index (χ1) is 10.2. The number of hydrogen-bond acceptors (Lipinski definition) is 4. The molecule has 1 heterocycles. The first-order valence-electron chi connectivity index (χ1n) is 6.96. The molecule has 1 unspecified atom stereocenters. The van der Waals surface area contributed by atoms with Gasteiger partial charge in [0.25, 0.3) is 0 Å². The van der Waals surface area contributed by atoms with Crippen LogP contribution >= 0.6 is 0 Å². The minimum absolute atomic E-state index is 0.311. The normalized spacial score (nSPS) is 18.0. The largest absolute Gasteiger partial charge is 0.495 e. The van der Waals surface area contributed by atoms with Crippen LogP contribution in [0.25, 0.3) is 0 Å². The molecular weight excluding hydrogens is 272 g/mol. The number of rotatable bonds is 3. The molecule has 1 saturated heterocycles. The molecule has 1 aliphatic rings. The third-order valence-corrected chi connectivity index (χ3v) is 3.59. The molecule has 21 heavy (non-hydrogen) atoms. The van der Waals surface area contributed by atoms with Gasteiger partial charge in [-0.15, -0.1) is 0 Å². The second kappa shape index (κ2) is 6.97. The van der Waals surface area contributed by atoms with E-state index in [0.29, 0.717) is 24.4 Å². The molecule has 1 aromatic rings. The molecule has 1 N–H and O–H groups in total. The van der Waals surface area contributed by atoms with Gasteiger partial charge in [0.1, 0.15) is 11.8 Å². The highest BCUT2D eigenvalue weighted by atomic mass is 16.5. The van der Waals surface area contributed by atoms with Crippen LogP contribution in [0.4, 0.5) is 10.5 Å². The maximum absolute atomic E-state index is 12.4. The summed E-state index contributed by atoms with van der Waals surface area (Å²) in [5.74, 6) is 0.211. The summed E-state index contributed by atoms with van der Waals surface area (Å²) in [6.45, 7) is 0.542. The number of urea groups is 1. The zero-order valence-electron chi connectivity index (χ0n) is 12.3. The summed E-state index contributed by atoms with van der Waals surface area (Å²) < 4.78 is 9.98. The van der Waals surface area contributed by atoms with E-state index < -0.39 is 6.04 Å². The van der Waals surface area contributed by atoms with Gasteiger partial charge in [-0.1, -0.05) is 12.1 Å². The Bertz CT molecular complexity index is 518. The SMILES string of the molecule is COC(=O)C1CCCCN1C(=O)Nc1ccccc1OC. The lowest BCUT2D eigenvalue weighted by atomic mass is 10.0. The summed E-state index contributed by atoms with van der Waals surface area (Å²) in [7, 11) is 2.89. The molecule has 1 aliphatic heterocycles. The Morgan fingerprint density at radius 2 is 2.00 bits per heavy atom. The molecule has 0 aromatic heterocycles. The molecule has 0 bridgehead atoms. The number of esters is 1. The van der Waals surface area contributed by atoms with Crippen molar-refractivity contribution in [2.75, 3.05) is 26.1 Å². The number of para-hydroxylation sites is 2. The molecule has 1 aromatic carbocycles. The number of nitrogens with zero attached hydrogens (tertiary/aromatic N) is 1. The summed E-state index contributed by atoms with van der Waals surface area (Å²) >= 11 is 0. The topological polar surface area (TPSA) is 67.9 Å². The number of piperidine rings is 1. The Morgan fingerprint density at radius 3 is 2.71 bits per heavy atom. The molecule has 114 valence electrons. The van der Waals surface area contributed by atoms with Gasteiger partial charge in [0.15, 0.2) is 0 Å². The lowest BCUT2D eigenvalue weighted by molar-refractivity contribution is -0.146. The van der Waals surface area contributed by atoms with E-state index in [2.05, 4.69) is 5.32 Å². The smallest absolute Gasteiger partial charge is 0.328 e. The lowest BCUT2D eigenvalue weighted by Crippen LogP contribution is -2.50. The number of nitrogens with one attached hydrogen (secondary N) is 1. The first-order valence-corrected chi connectivity index (χ1v) is 6.96. The average Bonchev–Trinajstić information content (AvgIpc) is 2.54. The molecule has 1 atom stereocenters. The number of amides is 2. The molecule has 6 heteroatoms. The predicted molar refractivity (Wildman–Crippen MR) is 78.4 cm³/mol. The Morgan fingerprint density at radius 1 is 1.24 bits per heavy atom. The number of ether oxygens (including phenoxy) is 2. The zero-order valence-corrected chi connectivity index (χ0v) is 12.3. The Labute approximate surface area is 124 Å². The van der Waals surface area contributed by atoms with E-state index >= 15 is 0 Å². The van der Waals surface area contributed by atoms with Gasteiger partial charge >= 0.3 is 12.0 Å². The predicted octanol–water partition coefficient (Wildman–Crippen LogP) is 2.25. The number of carbonyl (C=O) groups excluding carboxylic acids is 2. The maximum Gasteiger partial charge on any atom is 0.328 e. The fourth-order valence-corrected chi connectivity index (χ4v) is 2.49. The molecule has 2 rings (SSSR count). The van der Waals surface area contributed by atoms with Crippen molar-refractivity contribution in [3.05, 3.63) is 24.3 Å². The van der Waals surface area contributed by atoms with Crippen LogP contribution < -0.4 is 10.1 Å². The van der Waals surface area contributed by atoms with Crippen molar-refractivity contribution < 1.29 is 19.1 Å². The van der Waals surface area contributed by atoms with Crippen LogP contribution in [-0.4, -0.2) is 43.7 Å². The van der Waals surface area contributed by atoms with Crippen LogP contribution in [0.5, 0.6) is 5.75 Å². The average molecular weight is 292 g/mol. The van der Waals surface area contributed by atoms with Crippen molar-refractivity contribution in [1.29, 1.82) is 0 Å². The summed E-state index contributed by atoms with van der Waals surface area (Å²) in [5, 5.41) is 2.79. The summed E-state index contributed by atoms with van der Waals surface area (Å²) in [6.07, 6.45) is 2.43. The van der Waals surface area contributed by atoms with Crippen LogP contribution in [0, 0.1) is 0 Å². The molecule has 6 nitrogen and oxygen atoms in total. The van der Waals surface area contributed by atoms with Crippen molar-refractivity contribution in [2.24, 2.45) is 0 Å². The van der Waals surface area contributed by atoms with Gasteiger partial charge in [-0.3, -0.25) is 0 Å². The number of carbonyl (C=O) groups is 2. The van der Waals surface area contributed by atoms with Crippen LogP contribution in [0.1, 0.15) is 19.3 Å². The van der Waals surface area contributed by atoms with Gasteiger partial charge in [-0.25, -0.2) is 9.59 Å². The van der Waals surface area contributed by atoms with Gasteiger partial charge in [0.05, 0.1) is 19.9 Å². The summed E-state index contributed by atoms with van der Waals surface area (Å²) in [6, 6.07) is 6.34. The van der Waals surface area contributed by atoms with E-state index in [9.17, 15) is 9.59 Å². The molecular formula is C15H20N2O4. The number of hydrogen-bond donors (Lipinski definition) is 1. The van der Waals surface area contributed by atoms with Crippen LogP contribution in [0.2, 0.25) is 0 Å².